The Hall–Kier alpha value is -1.02. The van der Waals surface area contributed by atoms with Crippen molar-refractivity contribution >= 4 is 0 Å². The fraction of sp³-hybridized carbons (Fsp3) is 0.667. The molecule has 1 saturated carbocycles. The van der Waals surface area contributed by atoms with Crippen LogP contribution in [-0.2, 0) is 11.8 Å². The fourth-order valence-electron chi connectivity index (χ4n) is 4.84. The molecule has 3 atom stereocenters. The molecule has 1 unspecified atom stereocenters. The van der Waals surface area contributed by atoms with Crippen LogP contribution in [0.1, 0.15) is 56.7 Å². The zero-order valence-corrected chi connectivity index (χ0v) is 13.0. The number of aliphatic hydroxyl groups excluding tert-OH is 1. The van der Waals surface area contributed by atoms with Gasteiger partial charge in [-0.25, -0.2) is 0 Å². The van der Waals surface area contributed by atoms with E-state index in [0.29, 0.717) is 11.7 Å². The van der Waals surface area contributed by atoms with Crippen molar-refractivity contribution in [3.8, 4) is 5.75 Å². The van der Waals surface area contributed by atoms with E-state index in [-0.39, 0.29) is 16.9 Å². The van der Waals surface area contributed by atoms with Crippen LogP contribution in [0.25, 0.3) is 0 Å². The Kier molecular flexibility index (Phi) is 2.95. The minimum absolute atomic E-state index is 0.0504. The number of phenolic OH excluding ortho intramolecular Hbond substituents is 1. The van der Waals surface area contributed by atoms with Crippen molar-refractivity contribution in [1.29, 1.82) is 0 Å². The Morgan fingerprint density at radius 1 is 1.15 bits per heavy atom. The number of aryl methyl sites for hydroxylation is 2. The number of rotatable bonds is 0. The first kappa shape index (κ1) is 13.9. The smallest absolute Gasteiger partial charge is 0.118 e. The normalized spacial score (nSPS) is 35.2. The van der Waals surface area contributed by atoms with E-state index in [1.165, 1.54) is 11.1 Å². The summed E-state index contributed by atoms with van der Waals surface area (Å²) in [5, 5.41) is 20.5. The summed E-state index contributed by atoms with van der Waals surface area (Å²) >= 11 is 0. The molecule has 20 heavy (non-hydrogen) atoms. The number of fused-ring (bicyclic) bond motifs is 3. The predicted molar refractivity (Wildman–Crippen MR) is 81.0 cm³/mol. The summed E-state index contributed by atoms with van der Waals surface area (Å²) < 4.78 is 0. The van der Waals surface area contributed by atoms with E-state index in [2.05, 4.69) is 26.8 Å². The van der Waals surface area contributed by atoms with E-state index < -0.39 is 0 Å². The van der Waals surface area contributed by atoms with Gasteiger partial charge in [-0.3, -0.25) is 0 Å². The molecular weight excluding hydrogens is 248 g/mol. The second-order valence-corrected chi connectivity index (χ2v) is 7.68. The summed E-state index contributed by atoms with van der Waals surface area (Å²) in [6.45, 7) is 8.72. The summed E-state index contributed by atoms with van der Waals surface area (Å²) in [6, 6.07) is 4.15. The van der Waals surface area contributed by atoms with Crippen molar-refractivity contribution in [1.82, 2.24) is 0 Å². The lowest BCUT2D eigenvalue weighted by Crippen LogP contribution is -2.53. The van der Waals surface area contributed by atoms with Crippen LogP contribution in [0.5, 0.6) is 5.75 Å². The number of aliphatic hydroxyl groups is 1. The molecule has 0 aromatic heterocycles. The first-order valence-corrected chi connectivity index (χ1v) is 7.78. The van der Waals surface area contributed by atoms with Gasteiger partial charge in [0.05, 0.1) is 6.10 Å². The Bertz CT molecular complexity index is 547. The minimum atomic E-state index is -0.207. The average Bonchev–Trinajstić information content (AvgIpc) is 2.37. The molecule has 110 valence electrons. The van der Waals surface area contributed by atoms with E-state index in [4.69, 9.17) is 0 Å². The highest BCUT2D eigenvalue weighted by molar-refractivity contribution is 5.47. The maximum Gasteiger partial charge on any atom is 0.118 e. The lowest BCUT2D eigenvalue weighted by atomic mass is 9.49. The standard InChI is InChI=1S/C18H26O2/c1-11-9-12-5-6-15-17(2,3)16(20)7-8-18(15,4)13(12)10-14(11)19/h9-10,15-16,19-20H,5-8H2,1-4H3/t15-,16?,18+/m0/s1. The van der Waals surface area contributed by atoms with Gasteiger partial charge in [0.25, 0.3) is 0 Å². The summed E-state index contributed by atoms with van der Waals surface area (Å²) in [5.41, 5.74) is 3.72. The second-order valence-electron chi connectivity index (χ2n) is 7.68. The van der Waals surface area contributed by atoms with Gasteiger partial charge < -0.3 is 10.2 Å². The first-order chi connectivity index (χ1) is 9.26. The summed E-state index contributed by atoms with van der Waals surface area (Å²) in [5.74, 6) is 0.892. The van der Waals surface area contributed by atoms with E-state index in [0.717, 1.165) is 31.2 Å². The number of hydrogen-bond donors (Lipinski definition) is 2. The highest BCUT2D eigenvalue weighted by Gasteiger charge is 2.53. The highest BCUT2D eigenvalue weighted by atomic mass is 16.3. The monoisotopic (exact) mass is 274 g/mol. The van der Waals surface area contributed by atoms with Crippen molar-refractivity contribution in [2.24, 2.45) is 11.3 Å². The molecule has 0 amide bonds. The Morgan fingerprint density at radius 3 is 2.55 bits per heavy atom. The molecule has 2 aliphatic carbocycles. The molecule has 2 N–H and O–H groups in total. The topological polar surface area (TPSA) is 40.5 Å². The van der Waals surface area contributed by atoms with E-state index in [1.807, 2.05) is 13.0 Å². The van der Waals surface area contributed by atoms with Gasteiger partial charge in [-0.05, 0) is 72.1 Å². The van der Waals surface area contributed by atoms with Gasteiger partial charge in [0.1, 0.15) is 5.75 Å². The van der Waals surface area contributed by atoms with E-state index in [1.54, 1.807) is 0 Å². The van der Waals surface area contributed by atoms with Crippen LogP contribution >= 0.6 is 0 Å². The molecule has 0 bridgehead atoms. The van der Waals surface area contributed by atoms with Gasteiger partial charge in [-0.15, -0.1) is 0 Å². The highest BCUT2D eigenvalue weighted by Crippen LogP contribution is 2.57. The van der Waals surface area contributed by atoms with Crippen molar-refractivity contribution in [3.63, 3.8) is 0 Å². The van der Waals surface area contributed by atoms with Crippen molar-refractivity contribution in [3.05, 3.63) is 28.8 Å². The van der Waals surface area contributed by atoms with Gasteiger partial charge in [0, 0.05) is 0 Å². The first-order valence-electron chi connectivity index (χ1n) is 7.78. The molecule has 1 aromatic rings. The van der Waals surface area contributed by atoms with Crippen molar-refractivity contribution in [2.75, 3.05) is 0 Å². The zero-order valence-electron chi connectivity index (χ0n) is 13.0. The second kappa shape index (κ2) is 4.24. The molecule has 2 nitrogen and oxygen atoms in total. The molecule has 1 fully saturated rings. The molecule has 2 aliphatic rings. The Balaban J connectivity index is 2.14. The van der Waals surface area contributed by atoms with Crippen LogP contribution in [0.3, 0.4) is 0 Å². The van der Waals surface area contributed by atoms with E-state index >= 15 is 0 Å². The number of benzene rings is 1. The minimum Gasteiger partial charge on any atom is -0.508 e. The molecule has 0 heterocycles. The van der Waals surface area contributed by atoms with Crippen LogP contribution in [0.2, 0.25) is 0 Å². The molecule has 1 aromatic carbocycles. The molecule has 0 saturated heterocycles. The van der Waals surface area contributed by atoms with Gasteiger partial charge >= 0.3 is 0 Å². The van der Waals surface area contributed by atoms with E-state index in [9.17, 15) is 10.2 Å². The molecule has 3 rings (SSSR count). The van der Waals surface area contributed by atoms with Gasteiger partial charge in [-0.1, -0.05) is 26.8 Å². The summed E-state index contributed by atoms with van der Waals surface area (Å²) in [6.07, 6.45) is 3.86. The van der Waals surface area contributed by atoms with Crippen LogP contribution < -0.4 is 0 Å². The molecule has 0 spiro atoms. The molecule has 0 aliphatic heterocycles. The zero-order chi connectivity index (χ0) is 14.7. The van der Waals surface area contributed by atoms with Crippen molar-refractivity contribution in [2.45, 2.75) is 64.9 Å². The summed E-state index contributed by atoms with van der Waals surface area (Å²) in [7, 11) is 0. The van der Waals surface area contributed by atoms with Gasteiger partial charge in [0.15, 0.2) is 0 Å². The van der Waals surface area contributed by atoms with Gasteiger partial charge in [-0.2, -0.15) is 0 Å². The lowest BCUT2D eigenvalue weighted by molar-refractivity contribution is -0.0731. The molecular formula is C18H26O2. The maximum absolute atomic E-state index is 10.4. The van der Waals surface area contributed by atoms with Gasteiger partial charge in [0.2, 0.25) is 0 Å². The summed E-state index contributed by atoms with van der Waals surface area (Å²) in [4.78, 5) is 0. The SMILES string of the molecule is Cc1cc2c(cc1O)[C@@]1(C)CCC(O)C(C)(C)[C@@H]1CC2. The van der Waals surface area contributed by atoms with Crippen LogP contribution in [-0.4, -0.2) is 16.3 Å². The lowest BCUT2D eigenvalue weighted by Gasteiger charge is -2.56. The Labute approximate surface area is 121 Å². The largest absolute Gasteiger partial charge is 0.508 e. The maximum atomic E-state index is 10.4. The Morgan fingerprint density at radius 2 is 1.85 bits per heavy atom. The molecule has 2 heteroatoms. The van der Waals surface area contributed by atoms with Crippen LogP contribution in [0, 0.1) is 18.3 Å². The number of aromatic hydroxyl groups is 1. The predicted octanol–water partition coefficient (Wildman–Crippen LogP) is 3.70. The number of hydrogen-bond acceptors (Lipinski definition) is 2. The van der Waals surface area contributed by atoms with Crippen LogP contribution in [0.4, 0.5) is 0 Å². The fourth-order valence-corrected chi connectivity index (χ4v) is 4.84. The van der Waals surface area contributed by atoms with Crippen molar-refractivity contribution < 1.29 is 10.2 Å². The quantitative estimate of drug-likeness (QED) is 0.757. The third kappa shape index (κ3) is 1.74. The molecule has 0 radical (unpaired) electrons. The third-order valence-electron chi connectivity index (χ3n) is 6.20. The number of phenols is 1. The third-order valence-corrected chi connectivity index (χ3v) is 6.20. The van der Waals surface area contributed by atoms with Crippen LogP contribution in [0.15, 0.2) is 12.1 Å². The average molecular weight is 274 g/mol.